The zero-order chi connectivity index (χ0) is 19.1. The van der Waals surface area contributed by atoms with E-state index < -0.39 is 5.97 Å². The van der Waals surface area contributed by atoms with Crippen LogP contribution in [-0.2, 0) is 4.79 Å². The van der Waals surface area contributed by atoms with E-state index in [1.165, 1.54) is 12.8 Å². The van der Waals surface area contributed by atoms with Gasteiger partial charge in [-0.05, 0) is 67.4 Å². The van der Waals surface area contributed by atoms with Crippen molar-refractivity contribution >= 4 is 17.6 Å². The normalized spacial score (nSPS) is 14.9. The number of carboxylic acid groups (broad SMARTS) is 1. The molecule has 0 aromatic heterocycles. The molecule has 0 unspecified atom stereocenters. The maximum atomic E-state index is 11.7. The molecule has 0 bridgehead atoms. The molecule has 1 saturated heterocycles. The number of nitrogens with zero attached hydrogens (tertiary/aromatic N) is 1. The summed E-state index contributed by atoms with van der Waals surface area (Å²) in [6.45, 7) is 3.86. The van der Waals surface area contributed by atoms with Gasteiger partial charge in [-0.2, -0.15) is 0 Å². The number of carboxylic acids is 1. The van der Waals surface area contributed by atoms with Gasteiger partial charge in [0.1, 0.15) is 18.1 Å². The molecule has 3 rings (SSSR count). The zero-order valence-electron chi connectivity index (χ0n) is 15.6. The molecule has 2 aromatic carbocycles. The molecule has 0 saturated carbocycles. The summed E-state index contributed by atoms with van der Waals surface area (Å²) in [5.74, 6) is 0.472. The van der Waals surface area contributed by atoms with Crippen molar-refractivity contribution in [1.29, 1.82) is 0 Å². The predicted molar refractivity (Wildman–Crippen MR) is 106 cm³/mol. The highest BCUT2D eigenvalue weighted by atomic mass is 16.5. The smallest absolute Gasteiger partial charge is 0.336 e. The van der Waals surface area contributed by atoms with Gasteiger partial charge in [-0.15, -0.1) is 0 Å². The van der Waals surface area contributed by atoms with Crippen molar-refractivity contribution in [2.24, 2.45) is 0 Å². The molecule has 142 valence electrons. The molecule has 5 nitrogen and oxygen atoms in total. The lowest BCUT2D eigenvalue weighted by Crippen LogP contribution is -2.25. The van der Waals surface area contributed by atoms with E-state index in [1.54, 1.807) is 37.5 Å². The minimum atomic E-state index is -0.972. The summed E-state index contributed by atoms with van der Waals surface area (Å²) < 4.78 is 11.0. The molecular weight excluding hydrogens is 342 g/mol. The van der Waals surface area contributed by atoms with Gasteiger partial charge in [0.05, 0.1) is 12.7 Å². The SMILES string of the molecule is COc1ccc(/C(=C/c2cccc(OCCN3CCCC3)c2)C(=O)O)cc1. The molecule has 27 heavy (non-hydrogen) atoms. The Morgan fingerprint density at radius 3 is 2.52 bits per heavy atom. The molecule has 0 aliphatic carbocycles. The Labute approximate surface area is 159 Å². The number of ether oxygens (including phenoxy) is 2. The fraction of sp³-hybridized carbons (Fsp3) is 0.318. The minimum Gasteiger partial charge on any atom is -0.497 e. The van der Waals surface area contributed by atoms with Gasteiger partial charge in [0.15, 0.2) is 0 Å². The Bertz CT molecular complexity index is 792. The van der Waals surface area contributed by atoms with Crippen molar-refractivity contribution in [2.45, 2.75) is 12.8 Å². The quantitative estimate of drug-likeness (QED) is 0.568. The highest BCUT2D eigenvalue weighted by Gasteiger charge is 2.12. The summed E-state index contributed by atoms with van der Waals surface area (Å²) in [5, 5.41) is 9.61. The van der Waals surface area contributed by atoms with Gasteiger partial charge in [-0.1, -0.05) is 24.3 Å². The summed E-state index contributed by atoms with van der Waals surface area (Å²) in [6.07, 6.45) is 4.20. The van der Waals surface area contributed by atoms with Crippen molar-refractivity contribution in [3.05, 3.63) is 59.7 Å². The Balaban J connectivity index is 1.71. The second kappa shape index (κ2) is 9.24. The van der Waals surface area contributed by atoms with Crippen molar-refractivity contribution in [3.63, 3.8) is 0 Å². The Morgan fingerprint density at radius 2 is 1.85 bits per heavy atom. The third kappa shape index (κ3) is 5.34. The van der Waals surface area contributed by atoms with E-state index in [0.717, 1.165) is 30.9 Å². The van der Waals surface area contributed by atoms with Crippen LogP contribution in [-0.4, -0.2) is 49.3 Å². The van der Waals surface area contributed by atoms with Crippen LogP contribution in [0.15, 0.2) is 48.5 Å². The van der Waals surface area contributed by atoms with Gasteiger partial charge in [0.2, 0.25) is 0 Å². The minimum absolute atomic E-state index is 0.229. The molecule has 0 spiro atoms. The number of aliphatic carboxylic acids is 1. The summed E-state index contributed by atoms with van der Waals surface area (Å²) in [4.78, 5) is 14.1. The van der Waals surface area contributed by atoms with Gasteiger partial charge in [-0.3, -0.25) is 4.90 Å². The Hall–Kier alpha value is -2.79. The molecule has 1 heterocycles. The van der Waals surface area contributed by atoms with Gasteiger partial charge >= 0.3 is 5.97 Å². The van der Waals surface area contributed by atoms with E-state index in [4.69, 9.17) is 9.47 Å². The highest BCUT2D eigenvalue weighted by Crippen LogP contribution is 2.23. The molecule has 1 aliphatic rings. The van der Waals surface area contributed by atoms with Gasteiger partial charge in [-0.25, -0.2) is 4.79 Å². The van der Waals surface area contributed by atoms with Gasteiger partial charge < -0.3 is 14.6 Å². The van der Waals surface area contributed by atoms with Crippen molar-refractivity contribution in [2.75, 3.05) is 33.4 Å². The van der Waals surface area contributed by atoms with E-state index in [2.05, 4.69) is 4.90 Å². The number of likely N-dealkylation sites (tertiary alicyclic amines) is 1. The molecule has 0 atom stereocenters. The number of methoxy groups -OCH3 is 1. The third-order valence-corrected chi connectivity index (χ3v) is 4.68. The lowest BCUT2D eigenvalue weighted by Gasteiger charge is -2.15. The number of carbonyl (C=O) groups is 1. The van der Waals surface area contributed by atoms with Crippen LogP contribution >= 0.6 is 0 Å². The summed E-state index contributed by atoms with van der Waals surface area (Å²) >= 11 is 0. The average molecular weight is 367 g/mol. The summed E-state index contributed by atoms with van der Waals surface area (Å²) in [7, 11) is 1.58. The van der Waals surface area contributed by atoms with Crippen LogP contribution in [0.5, 0.6) is 11.5 Å². The fourth-order valence-corrected chi connectivity index (χ4v) is 3.20. The second-order valence-corrected chi connectivity index (χ2v) is 6.56. The van der Waals surface area contributed by atoms with Crippen LogP contribution in [0.25, 0.3) is 11.6 Å². The van der Waals surface area contributed by atoms with Gasteiger partial charge in [0.25, 0.3) is 0 Å². The monoisotopic (exact) mass is 367 g/mol. The fourth-order valence-electron chi connectivity index (χ4n) is 3.20. The molecule has 0 radical (unpaired) electrons. The molecule has 0 amide bonds. The van der Waals surface area contributed by atoms with E-state index in [1.807, 2.05) is 24.3 Å². The Morgan fingerprint density at radius 1 is 1.11 bits per heavy atom. The summed E-state index contributed by atoms with van der Waals surface area (Å²) in [6, 6.07) is 14.5. The molecule has 1 aliphatic heterocycles. The van der Waals surface area contributed by atoms with E-state index in [0.29, 0.717) is 17.9 Å². The predicted octanol–water partition coefficient (Wildman–Crippen LogP) is 3.80. The Kier molecular flexibility index (Phi) is 6.49. The number of benzene rings is 2. The van der Waals surface area contributed by atoms with Crippen LogP contribution < -0.4 is 9.47 Å². The van der Waals surface area contributed by atoms with E-state index in [-0.39, 0.29) is 5.57 Å². The molecule has 2 aromatic rings. The van der Waals surface area contributed by atoms with Crippen LogP contribution in [0.3, 0.4) is 0 Å². The maximum Gasteiger partial charge on any atom is 0.336 e. The van der Waals surface area contributed by atoms with Crippen LogP contribution in [0.2, 0.25) is 0 Å². The van der Waals surface area contributed by atoms with E-state index in [9.17, 15) is 9.90 Å². The third-order valence-electron chi connectivity index (χ3n) is 4.68. The maximum absolute atomic E-state index is 11.7. The topological polar surface area (TPSA) is 59.0 Å². The lowest BCUT2D eigenvalue weighted by atomic mass is 10.0. The van der Waals surface area contributed by atoms with E-state index >= 15 is 0 Å². The highest BCUT2D eigenvalue weighted by molar-refractivity contribution is 6.20. The number of hydrogen-bond donors (Lipinski definition) is 1. The first-order valence-electron chi connectivity index (χ1n) is 9.20. The molecular formula is C22H25NO4. The standard InChI is InChI=1S/C22H25NO4/c1-26-19-9-7-18(8-10-19)21(22(24)25)16-17-5-4-6-20(15-17)27-14-13-23-11-2-3-12-23/h4-10,15-16H,2-3,11-14H2,1H3,(H,24,25)/b21-16-. The van der Waals surface area contributed by atoms with Crippen molar-refractivity contribution in [3.8, 4) is 11.5 Å². The first-order chi connectivity index (χ1) is 13.2. The van der Waals surface area contributed by atoms with Gasteiger partial charge in [0, 0.05) is 6.54 Å². The number of rotatable bonds is 8. The molecule has 5 heteroatoms. The van der Waals surface area contributed by atoms with Crippen LogP contribution in [0, 0.1) is 0 Å². The second-order valence-electron chi connectivity index (χ2n) is 6.56. The largest absolute Gasteiger partial charge is 0.497 e. The first kappa shape index (κ1) is 19.0. The number of hydrogen-bond acceptors (Lipinski definition) is 4. The average Bonchev–Trinajstić information content (AvgIpc) is 3.20. The lowest BCUT2D eigenvalue weighted by molar-refractivity contribution is -0.130. The van der Waals surface area contributed by atoms with Crippen LogP contribution in [0.1, 0.15) is 24.0 Å². The summed E-state index contributed by atoms with van der Waals surface area (Å²) in [5.41, 5.74) is 1.65. The van der Waals surface area contributed by atoms with Crippen LogP contribution in [0.4, 0.5) is 0 Å². The molecule has 1 N–H and O–H groups in total. The van der Waals surface area contributed by atoms with Crippen molar-refractivity contribution < 1.29 is 19.4 Å². The van der Waals surface area contributed by atoms with Crippen molar-refractivity contribution in [1.82, 2.24) is 4.90 Å². The first-order valence-corrected chi connectivity index (χ1v) is 9.20. The zero-order valence-corrected chi connectivity index (χ0v) is 15.6. The molecule has 1 fully saturated rings.